The van der Waals surface area contributed by atoms with Gasteiger partial charge in [-0.2, -0.15) is 0 Å². The molecule has 0 unspecified atom stereocenters. The second kappa shape index (κ2) is 3.67. The largest absolute Gasteiger partial charge is 0.142 e. The SMILES string of the molecule is [CH2+]c1c2ccccc2c2ccc3cccc4ccc1c2c43. The van der Waals surface area contributed by atoms with E-state index in [1.54, 1.807) is 0 Å². The third-order valence-corrected chi connectivity index (χ3v) is 4.64. The predicted octanol–water partition coefficient (Wildman–Crippen LogP) is 5.92. The minimum absolute atomic E-state index is 1.14. The lowest BCUT2D eigenvalue weighted by molar-refractivity contribution is 1.74. The molecule has 0 heterocycles. The van der Waals surface area contributed by atoms with Crippen molar-refractivity contribution in [2.24, 2.45) is 0 Å². The lowest BCUT2D eigenvalue weighted by Gasteiger charge is -2.10. The van der Waals surface area contributed by atoms with E-state index < -0.39 is 0 Å². The van der Waals surface area contributed by atoms with E-state index in [2.05, 4.69) is 73.7 Å². The quantitative estimate of drug-likeness (QED) is 0.185. The van der Waals surface area contributed by atoms with Crippen molar-refractivity contribution in [2.45, 2.75) is 0 Å². The van der Waals surface area contributed by atoms with E-state index >= 15 is 0 Å². The van der Waals surface area contributed by atoms with E-state index in [4.69, 9.17) is 0 Å². The third kappa shape index (κ3) is 1.27. The topological polar surface area (TPSA) is 0 Å². The molecule has 0 nitrogen and oxygen atoms in total. The van der Waals surface area contributed by atoms with Crippen LogP contribution in [0.3, 0.4) is 0 Å². The van der Waals surface area contributed by atoms with Gasteiger partial charge < -0.3 is 0 Å². The lowest BCUT2D eigenvalue weighted by atomic mass is 9.88. The Kier molecular flexibility index (Phi) is 1.92. The van der Waals surface area contributed by atoms with E-state index in [0.717, 1.165) is 5.56 Å². The summed E-state index contributed by atoms with van der Waals surface area (Å²) in [5, 5.41) is 10.5. The minimum Gasteiger partial charge on any atom is -0.0610 e. The molecule has 0 N–H and O–H groups in total. The molecule has 0 spiro atoms. The first-order chi connectivity index (χ1) is 10.3. The summed E-state index contributed by atoms with van der Waals surface area (Å²) in [4.78, 5) is 0. The second-order valence-corrected chi connectivity index (χ2v) is 5.70. The highest BCUT2D eigenvalue weighted by molar-refractivity contribution is 6.30. The van der Waals surface area contributed by atoms with Crippen LogP contribution in [0.5, 0.6) is 0 Å². The van der Waals surface area contributed by atoms with Crippen LogP contribution in [0.2, 0.25) is 0 Å². The van der Waals surface area contributed by atoms with E-state index in [1.807, 2.05) is 0 Å². The predicted molar refractivity (Wildman–Crippen MR) is 92.1 cm³/mol. The van der Waals surface area contributed by atoms with Crippen molar-refractivity contribution in [1.82, 2.24) is 0 Å². The average molecular weight is 265 g/mol. The van der Waals surface area contributed by atoms with E-state index in [-0.39, 0.29) is 0 Å². The van der Waals surface area contributed by atoms with E-state index in [0.29, 0.717) is 0 Å². The zero-order valence-corrected chi connectivity index (χ0v) is 11.6. The maximum absolute atomic E-state index is 4.35. The number of fused-ring (bicyclic) bond motifs is 2. The van der Waals surface area contributed by atoms with Crippen LogP contribution in [0.25, 0.3) is 43.1 Å². The molecule has 0 heteroatoms. The number of rotatable bonds is 0. The molecule has 0 aromatic heterocycles. The Morgan fingerprint density at radius 1 is 0.476 bits per heavy atom. The molecule has 0 atom stereocenters. The molecule has 96 valence electrons. The molecule has 0 saturated carbocycles. The smallest absolute Gasteiger partial charge is 0.0610 e. The summed E-state index contributed by atoms with van der Waals surface area (Å²) in [7, 11) is 0. The number of benzene rings is 5. The Hall–Kier alpha value is -2.73. The van der Waals surface area contributed by atoms with Gasteiger partial charge in [0, 0.05) is 35.2 Å². The molecule has 0 fully saturated rings. The molecule has 5 aromatic carbocycles. The van der Waals surface area contributed by atoms with Crippen molar-refractivity contribution in [2.75, 3.05) is 0 Å². The molecule has 0 aliphatic heterocycles. The Morgan fingerprint density at radius 2 is 1.14 bits per heavy atom. The van der Waals surface area contributed by atoms with Crippen molar-refractivity contribution < 1.29 is 0 Å². The van der Waals surface area contributed by atoms with Crippen molar-refractivity contribution in [3.63, 3.8) is 0 Å². The molecule has 0 amide bonds. The number of hydrogen-bond donors (Lipinski definition) is 0. The Morgan fingerprint density at radius 3 is 1.90 bits per heavy atom. The van der Waals surface area contributed by atoms with E-state index in [9.17, 15) is 0 Å². The highest BCUT2D eigenvalue weighted by atomic mass is 14.2. The minimum atomic E-state index is 1.14. The highest BCUT2D eigenvalue weighted by Gasteiger charge is 2.18. The lowest BCUT2D eigenvalue weighted by Crippen LogP contribution is -1.88. The first-order valence-corrected chi connectivity index (χ1v) is 7.25. The summed E-state index contributed by atoms with van der Waals surface area (Å²) in [6.07, 6.45) is 0. The van der Waals surface area contributed by atoms with Gasteiger partial charge in [0.2, 0.25) is 0 Å². The monoisotopic (exact) mass is 265 g/mol. The van der Waals surface area contributed by atoms with Crippen LogP contribution >= 0.6 is 0 Å². The zero-order valence-electron chi connectivity index (χ0n) is 11.6. The van der Waals surface area contributed by atoms with Gasteiger partial charge in [-0.1, -0.05) is 36.4 Å². The third-order valence-electron chi connectivity index (χ3n) is 4.64. The van der Waals surface area contributed by atoms with Gasteiger partial charge in [-0.15, -0.1) is 0 Å². The summed E-state index contributed by atoms with van der Waals surface area (Å²) in [5.74, 6) is 0. The Labute approximate surface area is 123 Å². The molecule has 0 aliphatic rings. The van der Waals surface area contributed by atoms with Crippen LogP contribution < -0.4 is 0 Å². The summed E-state index contributed by atoms with van der Waals surface area (Å²) >= 11 is 0. The zero-order chi connectivity index (χ0) is 14.0. The van der Waals surface area contributed by atoms with Crippen molar-refractivity contribution in [1.29, 1.82) is 0 Å². The molecule has 0 radical (unpaired) electrons. The molecule has 5 aromatic rings. The normalized spacial score (nSPS) is 12.0. The van der Waals surface area contributed by atoms with Crippen LogP contribution in [0.4, 0.5) is 0 Å². The van der Waals surface area contributed by atoms with Crippen LogP contribution in [-0.4, -0.2) is 0 Å². The fraction of sp³-hybridized carbons (Fsp3) is 0. The van der Waals surface area contributed by atoms with Gasteiger partial charge in [-0.3, -0.25) is 0 Å². The van der Waals surface area contributed by atoms with Gasteiger partial charge in [0.15, 0.2) is 0 Å². The fourth-order valence-corrected chi connectivity index (χ4v) is 3.68. The highest BCUT2D eigenvalue weighted by Crippen LogP contribution is 2.40. The molecule has 5 rings (SSSR count). The van der Waals surface area contributed by atoms with Crippen LogP contribution in [-0.2, 0) is 0 Å². The Balaban J connectivity index is 2.26. The first-order valence-electron chi connectivity index (χ1n) is 7.25. The molecule has 0 saturated heterocycles. The fourth-order valence-electron chi connectivity index (χ4n) is 3.68. The molecule has 21 heavy (non-hydrogen) atoms. The van der Waals surface area contributed by atoms with Crippen molar-refractivity contribution in [3.05, 3.63) is 79.2 Å². The van der Waals surface area contributed by atoms with Crippen molar-refractivity contribution in [3.8, 4) is 0 Å². The van der Waals surface area contributed by atoms with Crippen LogP contribution in [0.1, 0.15) is 5.56 Å². The summed E-state index contributed by atoms with van der Waals surface area (Å²) < 4.78 is 0. The summed E-state index contributed by atoms with van der Waals surface area (Å²) in [6.45, 7) is 4.35. The second-order valence-electron chi connectivity index (χ2n) is 5.70. The molecule has 0 bridgehead atoms. The molecule has 0 aliphatic carbocycles. The van der Waals surface area contributed by atoms with Crippen LogP contribution in [0, 0.1) is 6.92 Å². The maximum atomic E-state index is 4.35. The van der Waals surface area contributed by atoms with Gasteiger partial charge in [0.25, 0.3) is 0 Å². The van der Waals surface area contributed by atoms with Gasteiger partial charge in [0.05, 0.1) is 16.2 Å². The van der Waals surface area contributed by atoms with E-state index in [1.165, 1.54) is 43.1 Å². The van der Waals surface area contributed by atoms with Crippen molar-refractivity contribution >= 4 is 43.1 Å². The van der Waals surface area contributed by atoms with Crippen LogP contribution in [0.15, 0.2) is 66.7 Å². The molecular formula is C21H13+. The standard InChI is InChI=1S/C21H13/c1-13-16-7-2-3-8-18(16)19-12-10-15-6-4-5-14-9-11-17(13)21(19)20(14)15/h2-12H,1H2/q+1. The summed E-state index contributed by atoms with van der Waals surface area (Å²) in [5.41, 5.74) is 1.14. The van der Waals surface area contributed by atoms with Gasteiger partial charge >= 0.3 is 0 Å². The summed E-state index contributed by atoms with van der Waals surface area (Å²) in [6, 6.07) is 24.0. The van der Waals surface area contributed by atoms with Gasteiger partial charge in [0.1, 0.15) is 5.56 Å². The van der Waals surface area contributed by atoms with Gasteiger partial charge in [-0.25, -0.2) is 0 Å². The average Bonchev–Trinajstić information content (AvgIpc) is 2.55. The number of hydrogen-bond acceptors (Lipinski definition) is 0. The first kappa shape index (κ1) is 11.0. The molecular weight excluding hydrogens is 252 g/mol. The maximum Gasteiger partial charge on any atom is 0.142 e. The Bertz CT molecular complexity index is 1120. The van der Waals surface area contributed by atoms with Gasteiger partial charge in [-0.05, 0) is 29.0 Å².